The van der Waals surface area contributed by atoms with Gasteiger partial charge in [0.25, 0.3) is 0 Å². The second-order valence-electron chi connectivity index (χ2n) is 35.7. The van der Waals surface area contributed by atoms with Crippen LogP contribution in [0.15, 0.2) is 78.0 Å². The van der Waals surface area contributed by atoms with Gasteiger partial charge in [0, 0.05) is 119 Å². The molecule has 12 rings (SSSR count). The third-order valence-corrected chi connectivity index (χ3v) is 26.4. The number of aliphatic hydroxyl groups is 2. The molecular weight excluding hydrogens is 1800 g/mol. The predicted molar refractivity (Wildman–Crippen MR) is 498 cm³/mol. The van der Waals surface area contributed by atoms with E-state index in [-0.39, 0.29) is 167 Å². The Morgan fingerprint density at radius 1 is 0.620 bits per heavy atom. The number of allylic oxidation sites excluding steroid dienone is 10. The number of aryl methyl sites for hydroxylation is 1. The van der Waals surface area contributed by atoms with E-state index in [1.165, 1.54) is 10.9 Å². The summed E-state index contributed by atoms with van der Waals surface area (Å²) in [5.41, 5.74) is 25.2. The van der Waals surface area contributed by atoms with Crippen molar-refractivity contribution in [3.63, 3.8) is 0 Å². The van der Waals surface area contributed by atoms with Crippen LogP contribution in [-0.4, -0.2) is 273 Å². The first-order chi connectivity index (χ1) is 65.9. The van der Waals surface area contributed by atoms with Crippen LogP contribution in [0.1, 0.15) is 213 Å². The number of aliphatic hydroxyl groups excluding tert-OH is 2. The van der Waals surface area contributed by atoms with E-state index in [2.05, 4.69) is 106 Å². The summed E-state index contributed by atoms with van der Waals surface area (Å²) in [6, 6.07) is -4.14. The van der Waals surface area contributed by atoms with Crippen LogP contribution < -0.4 is 81.0 Å². The molecule has 0 aromatic carbocycles. The first-order valence-electron chi connectivity index (χ1n) is 47.3. The van der Waals surface area contributed by atoms with Crippen molar-refractivity contribution in [2.45, 2.75) is 247 Å². The summed E-state index contributed by atoms with van der Waals surface area (Å²) < 4.78 is 25.0. The third-order valence-electron chi connectivity index (χ3n) is 26.0. The SMILES string of the molecule is N=C(N)NCCCC(NC(=O)C(CCCCNC(=O)CCC(=O)N1CC2CCCCC2c2nnn(CCC(=O)NCCCCCCNc3nc4c(N)ncnc4n3C3OC(COP(=O)(O)O)C(O)C3O)c2C2CCCCC21)NC(=O)CNC(=O)CNC(=O)CNC(=O)CCC(=O)N1CC2CC=CC=C2/C=C\C2=C1CCC=C2)C(=O)NCC(=O)NCC(=O)NC(Cc1c[nH]c2c1CCC=C2)C(N)=O. The van der Waals surface area contributed by atoms with Gasteiger partial charge in [-0.05, 0) is 137 Å². The van der Waals surface area contributed by atoms with E-state index in [9.17, 15) is 86.9 Å². The Hall–Kier alpha value is -12.6. The lowest BCUT2D eigenvalue weighted by Gasteiger charge is -2.46. The number of anilines is 2. The molecule has 4 aromatic heterocycles. The fraction of sp³-hybridized carbons (Fsp3) is 0.589. The molecule has 0 bridgehead atoms. The fourth-order valence-corrected chi connectivity index (χ4v) is 19.2. The first-order valence-corrected chi connectivity index (χ1v) is 48.9. The maximum Gasteiger partial charge on any atom is 0.469 e. The van der Waals surface area contributed by atoms with Gasteiger partial charge in [-0.15, -0.1) is 5.10 Å². The highest BCUT2D eigenvalue weighted by Crippen LogP contribution is 2.48. The van der Waals surface area contributed by atoms with E-state index in [1.807, 2.05) is 46.0 Å². The van der Waals surface area contributed by atoms with Crippen molar-refractivity contribution in [3.8, 4) is 0 Å². The smallest absolute Gasteiger partial charge is 0.387 e. The Bertz CT molecular complexity index is 5270. The molecular formula is C90H129N26O20P. The standard InChI is InChI=1S/C90H129N26O20P/c91-83-79-85(106-52-105-83)116(88-82(128)81(127)67(136-88)51-135-137(132,133)134)90(110-79)98-39-15-2-1-14-37-96-70(119)36-41-115-80-60-24-9-12-29-66(60)114(50-56-21-5-7-23-59(56)78(80)111-112-115)77(126)34-32-68(117)95-38-16-13-26-63(87(131)109-62(27-17-40-97-89(93)94)86(130)104-46-73(122)103-48-75(124)108-64(84(92)129)42-57-43-99-61-25-10-8-22-58(57)61)107-74(123)47-102-72(121)45-101-71(120)44-100-69(118)33-35-76(125)113-49-55-20-4-3-18-53(55)30-31-54-19-6-11-28-65(54)113/h3-4,6,10,18-19,25,30-31,43,52,55-56,59-60,62-64,66-67,81-82,88,99,127-128H,1-2,5,7-9,11-17,20-24,26-29,32-42,44-51H2,(H2,92,129)(H,95,117)(H,96,119)(H,98,110)(H,100,118)(H,101,120)(H,102,121)(H,103,122)(H,104,130)(H,107,123)(H,108,124)(H,109,131)(H2,91,105,106)(H4,93,94,97)(H2,132,133,134)/b31-30-. The lowest BCUT2D eigenvalue weighted by Crippen LogP contribution is -2.55. The van der Waals surface area contributed by atoms with E-state index >= 15 is 0 Å². The minimum atomic E-state index is -4.93. The summed E-state index contributed by atoms with van der Waals surface area (Å²) in [5.74, 6) is -8.19. The number of hydrogen-bond donors (Lipinski definition) is 21. The van der Waals surface area contributed by atoms with Gasteiger partial charge in [-0.3, -0.25) is 76.8 Å². The number of nitrogen functional groups attached to an aromatic ring is 1. The number of primary amides is 1. The van der Waals surface area contributed by atoms with Crippen LogP contribution in [0.2, 0.25) is 0 Å². The number of imidazole rings is 1. The van der Waals surface area contributed by atoms with Crippen molar-refractivity contribution in [3.05, 3.63) is 106 Å². The summed E-state index contributed by atoms with van der Waals surface area (Å²) in [6.45, 7) is -1.71. The van der Waals surface area contributed by atoms with Gasteiger partial charge in [-0.1, -0.05) is 92.3 Å². The van der Waals surface area contributed by atoms with E-state index in [0.29, 0.717) is 51.9 Å². The molecule has 0 radical (unpaired) electrons. The van der Waals surface area contributed by atoms with Crippen LogP contribution >= 0.6 is 7.82 Å². The molecule has 46 nitrogen and oxygen atoms in total. The molecule has 5 aliphatic carbocycles. The average molecular weight is 1930 g/mol. The van der Waals surface area contributed by atoms with Crippen molar-refractivity contribution in [2.24, 2.45) is 23.3 Å². The Labute approximate surface area is 791 Å². The molecule has 12 unspecified atom stereocenters. The number of ether oxygens (including phenoxy) is 1. The minimum absolute atomic E-state index is 0.0202. The van der Waals surface area contributed by atoms with Gasteiger partial charge in [-0.2, -0.15) is 0 Å². The number of hydrogen-bond acceptors (Lipinski definition) is 26. The molecule has 8 aliphatic rings. The number of carbonyl (C=O) groups excluding carboxylic acids is 13. The highest BCUT2D eigenvalue weighted by Gasteiger charge is 2.48. The zero-order valence-electron chi connectivity index (χ0n) is 76.8. The molecule has 12 atom stereocenters. The number of carbonyl (C=O) groups is 13. The van der Waals surface area contributed by atoms with Gasteiger partial charge in [0.05, 0.1) is 57.3 Å². The number of nitrogens with two attached hydrogens (primary N) is 3. The van der Waals surface area contributed by atoms with E-state index < -0.39 is 149 Å². The first kappa shape index (κ1) is 103. The van der Waals surface area contributed by atoms with Crippen LogP contribution in [0.25, 0.3) is 17.2 Å². The number of aromatic amines is 1. The monoisotopic (exact) mass is 1920 g/mol. The van der Waals surface area contributed by atoms with Crippen LogP contribution in [-0.2, 0) is 95.5 Å². The van der Waals surface area contributed by atoms with E-state index in [0.717, 1.165) is 129 Å². The number of nitrogens with one attached hydrogen (secondary N) is 14. The molecule has 7 heterocycles. The fourth-order valence-electron chi connectivity index (χ4n) is 18.9. The van der Waals surface area contributed by atoms with Crippen molar-refractivity contribution >= 4 is 120 Å². The normalized spacial score (nSPS) is 21.2. The Balaban J connectivity index is 0.609. The second kappa shape index (κ2) is 50.5. The largest absolute Gasteiger partial charge is 0.469 e. The Morgan fingerprint density at radius 3 is 1.98 bits per heavy atom. The van der Waals surface area contributed by atoms with E-state index in [1.54, 1.807) is 11.1 Å². The van der Waals surface area contributed by atoms with Crippen LogP contribution in [0, 0.1) is 17.2 Å². The summed E-state index contributed by atoms with van der Waals surface area (Å²) in [7, 11) is -4.93. The summed E-state index contributed by atoms with van der Waals surface area (Å²) in [5, 5.41) is 70.7. The third kappa shape index (κ3) is 29.7. The average Bonchev–Trinajstić information content (AvgIpc) is 1.62. The van der Waals surface area contributed by atoms with Gasteiger partial charge in [0.2, 0.25) is 82.7 Å². The van der Waals surface area contributed by atoms with Gasteiger partial charge >= 0.3 is 7.82 Å². The van der Waals surface area contributed by atoms with Crippen molar-refractivity contribution in [2.75, 3.05) is 89.6 Å². The van der Waals surface area contributed by atoms with Crippen molar-refractivity contribution in [1.82, 2.24) is 108 Å². The van der Waals surface area contributed by atoms with Gasteiger partial charge in [0.15, 0.2) is 29.2 Å². The molecule has 47 heteroatoms. The number of nitrogens with zero attached hydrogens (tertiary/aromatic N) is 9. The van der Waals surface area contributed by atoms with Gasteiger partial charge in [0.1, 0.15) is 42.8 Å². The zero-order valence-corrected chi connectivity index (χ0v) is 77.7. The number of fused-ring (bicyclic) bond motifs is 8. The van der Waals surface area contributed by atoms with Crippen molar-refractivity contribution in [1.29, 1.82) is 5.41 Å². The quantitative estimate of drug-likeness (QED) is 0.0117. The molecule has 3 aliphatic heterocycles. The number of amides is 13. The predicted octanol–water partition coefficient (Wildman–Crippen LogP) is -0.284. The Kier molecular flexibility index (Phi) is 38.0. The molecule has 2 saturated carbocycles. The van der Waals surface area contributed by atoms with Gasteiger partial charge in [-0.25, -0.2) is 24.2 Å². The molecule has 13 amide bonds. The molecule has 137 heavy (non-hydrogen) atoms. The summed E-state index contributed by atoms with van der Waals surface area (Å²) in [4.78, 5) is 214. The van der Waals surface area contributed by atoms with Crippen molar-refractivity contribution < 1.29 is 96.2 Å². The number of H-pyrrole nitrogens is 1. The lowest BCUT2D eigenvalue weighted by molar-refractivity contribution is -0.138. The molecule has 24 N–H and O–H groups in total. The number of aromatic nitrogens is 8. The maximum absolute atomic E-state index is 14.8. The van der Waals surface area contributed by atoms with Crippen LogP contribution in [0.5, 0.6) is 0 Å². The number of guanidine groups is 1. The lowest BCUT2D eigenvalue weighted by atomic mass is 9.71. The molecule has 3 fully saturated rings. The van der Waals surface area contributed by atoms with Crippen LogP contribution in [0.3, 0.4) is 0 Å². The second-order valence-corrected chi connectivity index (χ2v) is 36.9. The number of phosphoric ester groups is 1. The van der Waals surface area contributed by atoms with Gasteiger partial charge < -0.3 is 121 Å². The number of rotatable bonds is 48. The van der Waals surface area contributed by atoms with Crippen LogP contribution in [0.4, 0.5) is 11.8 Å². The molecule has 4 aromatic rings. The number of unbranched alkanes of at least 4 members (excludes halogenated alkanes) is 4. The minimum Gasteiger partial charge on any atom is -0.387 e. The highest BCUT2D eigenvalue weighted by molar-refractivity contribution is 7.46. The highest BCUT2D eigenvalue weighted by atomic mass is 31.2. The zero-order chi connectivity index (χ0) is 97.7. The molecule has 744 valence electrons. The summed E-state index contributed by atoms with van der Waals surface area (Å²) in [6.07, 6.45) is 28.8. The molecule has 0 spiro atoms. The Morgan fingerprint density at radius 2 is 1.25 bits per heavy atom. The topological polar surface area (TPSA) is 681 Å². The maximum atomic E-state index is 14.8. The molecule has 1 saturated heterocycles. The van der Waals surface area contributed by atoms with E-state index in [4.69, 9.17) is 37.7 Å². The number of phosphoric acid groups is 1. The summed E-state index contributed by atoms with van der Waals surface area (Å²) >= 11 is 0.